The molecule has 0 bridgehead atoms. The second-order valence-electron chi connectivity index (χ2n) is 18.1. The van der Waals surface area contributed by atoms with Crippen molar-refractivity contribution < 1.29 is 28.6 Å². The molecule has 0 aliphatic rings. The van der Waals surface area contributed by atoms with E-state index in [9.17, 15) is 14.4 Å². The average Bonchev–Trinajstić information content (AvgIpc) is 3.30. The van der Waals surface area contributed by atoms with Crippen LogP contribution < -0.4 is 0 Å². The van der Waals surface area contributed by atoms with E-state index in [-0.39, 0.29) is 31.1 Å². The molecule has 0 aromatic carbocycles. The molecule has 0 spiro atoms. The lowest BCUT2D eigenvalue weighted by atomic mass is 10.1. The number of carbonyl (C=O) groups excluding carboxylic acids is 3. The Morgan fingerprint density at radius 3 is 0.938 bits per heavy atom. The molecule has 0 rings (SSSR count). The van der Waals surface area contributed by atoms with Crippen LogP contribution in [0.1, 0.15) is 265 Å². The topological polar surface area (TPSA) is 78.9 Å². The van der Waals surface area contributed by atoms with Crippen LogP contribution in [0.5, 0.6) is 0 Å². The predicted molar refractivity (Wildman–Crippen MR) is 279 cm³/mol. The van der Waals surface area contributed by atoms with Crippen LogP contribution in [0.25, 0.3) is 0 Å². The minimum absolute atomic E-state index is 0.0932. The zero-order valence-electron chi connectivity index (χ0n) is 42.7. The highest BCUT2D eigenvalue weighted by atomic mass is 16.6. The molecule has 0 saturated heterocycles. The normalized spacial score (nSPS) is 12.6. The first-order valence-electron chi connectivity index (χ1n) is 27.4. The number of hydrogen-bond acceptors (Lipinski definition) is 6. The average molecular weight is 907 g/mol. The lowest BCUT2D eigenvalue weighted by Crippen LogP contribution is -2.30. The maximum absolute atomic E-state index is 12.8. The van der Waals surface area contributed by atoms with E-state index in [4.69, 9.17) is 14.2 Å². The van der Waals surface area contributed by atoms with E-state index in [0.717, 1.165) is 103 Å². The Hall–Kier alpha value is -3.15. The minimum atomic E-state index is -0.796. The van der Waals surface area contributed by atoms with Crippen LogP contribution in [0, 0.1) is 0 Å². The molecule has 0 amide bonds. The number of carbonyl (C=O) groups is 3. The van der Waals surface area contributed by atoms with Crippen LogP contribution in [-0.2, 0) is 28.6 Å². The van der Waals surface area contributed by atoms with Crippen molar-refractivity contribution in [2.75, 3.05) is 13.2 Å². The summed E-state index contributed by atoms with van der Waals surface area (Å²) in [6.45, 7) is 6.55. The molecular formula is C59H102O6. The Kier molecular flexibility index (Phi) is 50.9. The van der Waals surface area contributed by atoms with Gasteiger partial charge in [-0.25, -0.2) is 0 Å². The molecule has 0 aromatic heterocycles. The van der Waals surface area contributed by atoms with Crippen LogP contribution in [0.15, 0.2) is 72.9 Å². The molecule has 0 saturated carbocycles. The smallest absolute Gasteiger partial charge is 0.306 e. The van der Waals surface area contributed by atoms with Crippen molar-refractivity contribution in [1.82, 2.24) is 0 Å². The summed E-state index contributed by atoms with van der Waals surface area (Å²) < 4.78 is 16.8. The zero-order chi connectivity index (χ0) is 47.2. The van der Waals surface area contributed by atoms with Crippen molar-refractivity contribution in [3.63, 3.8) is 0 Å². The number of rotatable bonds is 49. The minimum Gasteiger partial charge on any atom is -0.462 e. The van der Waals surface area contributed by atoms with E-state index in [0.29, 0.717) is 19.3 Å². The van der Waals surface area contributed by atoms with Crippen molar-refractivity contribution in [2.45, 2.75) is 271 Å². The van der Waals surface area contributed by atoms with Gasteiger partial charge in [0, 0.05) is 19.3 Å². The fourth-order valence-electron chi connectivity index (χ4n) is 7.47. The third-order valence-corrected chi connectivity index (χ3v) is 11.7. The SMILES string of the molecule is CCCCC/C=C\C/C=C\C/C=C\C/C=C\CCCCCC(=O)OC[C@@H](COC(=O)CCCCCCC/C=C\CCCCCC)OC(=O)CCCCCCC/C=C\CCCCCCCC. The Morgan fingerprint density at radius 1 is 0.308 bits per heavy atom. The second-order valence-corrected chi connectivity index (χ2v) is 18.1. The lowest BCUT2D eigenvalue weighted by Gasteiger charge is -2.18. The van der Waals surface area contributed by atoms with E-state index in [1.165, 1.54) is 122 Å². The maximum atomic E-state index is 12.8. The van der Waals surface area contributed by atoms with Gasteiger partial charge in [0.1, 0.15) is 13.2 Å². The standard InChI is InChI=1S/C59H102O6/c1-4-7-10-13-16-19-22-25-27-28-29-30-32-34-37-40-43-46-49-52-58(61)64-55-56(54-63-57(60)51-48-45-42-39-36-33-24-21-18-15-12-9-6-3)65-59(62)53-50-47-44-41-38-35-31-26-23-20-17-14-11-8-5-2/h16,19,21,24-27,29-31,34,37,56H,4-15,17-18,20,22-23,28,32-33,35-36,38-55H2,1-3H3/b19-16-,24-21-,27-25-,30-29-,31-26-,37-34-/t56-/m1/s1. The monoisotopic (exact) mass is 907 g/mol. The van der Waals surface area contributed by atoms with E-state index in [2.05, 4.69) is 93.7 Å². The highest BCUT2D eigenvalue weighted by Crippen LogP contribution is 2.14. The van der Waals surface area contributed by atoms with Crippen LogP contribution >= 0.6 is 0 Å². The van der Waals surface area contributed by atoms with E-state index < -0.39 is 6.10 Å². The van der Waals surface area contributed by atoms with Crippen molar-refractivity contribution >= 4 is 17.9 Å². The number of ether oxygens (including phenoxy) is 3. The largest absolute Gasteiger partial charge is 0.462 e. The summed E-state index contributed by atoms with van der Waals surface area (Å²) in [6.07, 6.45) is 67.4. The summed E-state index contributed by atoms with van der Waals surface area (Å²) in [5.41, 5.74) is 0. The van der Waals surface area contributed by atoms with E-state index in [1.807, 2.05) is 0 Å². The first-order valence-corrected chi connectivity index (χ1v) is 27.4. The first kappa shape index (κ1) is 61.9. The quantitative estimate of drug-likeness (QED) is 0.0262. The summed E-state index contributed by atoms with van der Waals surface area (Å²) >= 11 is 0. The van der Waals surface area contributed by atoms with Gasteiger partial charge >= 0.3 is 17.9 Å². The predicted octanol–water partition coefficient (Wildman–Crippen LogP) is 18.2. The molecule has 0 unspecified atom stereocenters. The van der Waals surface area contributed by atoms with Gasteiger partial charge < -0.3 is 14.2 Å². The summed E-state index contributed by atoms with van der Waals surface area (Å²) in [7, 11) is 0. The summed E-state index contributed by atoms with van der Waals surface area (Å²) in [5.74, 6) is -0.937. The van der Waals surface area contributed by atoms with Gasteiger partial charge in [0.15, 0.2) is 6.10 Å². The third kappa shape index (κ3) is 51.7. The molecule has 0 aromatic rings. The number of allylic oxidation sites excluding steroid dienone is 12. The lowest BCUT2D eigenvalue weighted by molar-refractivity contribution is -0.167. The van der Waals surface area contributed by atoms with Crippen LogP contribution in [0.2, 0.25) is 0 Å². The van der Waals surface area contributed by atoms with E-state index >= 15 is 0 Å². The molecule has 0 aliphatic heterocycles. The molecule has 374 valence electrons. The third-order valence-electron chi connectivity index (χ3n) is 11.7. The summed E-state index contributed by atoms with van der Waals surface area (Å²) in [6, 6.07) is 0. The van der Waals surface area contributed by atoms with Gasteiger partial charge in [-0.2, -0.15) is 0 Å². The maximum Gasteiger partial charge on any atom is 0.306 e. The molecule has 0 N–H and O–H groups in total. The Balaban J connectivity index is 4.45. The van der Waals surface area contributed by atoms with Crippen LogP contribution in [-0.4, -0.2) is 37.2 Å². The second kappa shape index (κ2) is 53.5. The molecule has 1 atom stereocenters. The van der Waals surface area contributed by atoms with E-state index in [1.54, 1.807) is 0 Å². The van der Waals surface area contributed by atoms with Gasteiger partial charge in [-0.05, 0) is 116 Å². The van der Waals surface area contributed by atoms with Gasteiger partial charge in [0.25, 0.3) is 0 Å². The van der Waals surface area contributed by atoms with Crippen molar-refractivity contribution in [3.05, 3.63) is 72.9 Å². The molecule has 6 nitrogen and oxygen atoms in total. The highest BCUT2D eigenvalue weighted by molar-refractivity contribution is 5.71. The Labute approximate surface area is 402 Å². The van der Waals surface area contributed by atoms with Crippen molar-refractivity contribution in [1.29, 1.82) is 0 Å². The molecule has 6 heteroatoms. The van der Waals surface area contributed by atoms with Gasteiger partial charge in [-0.1, -0.05) is 203 Å². The molecule has 0 radical (unpaired) electrons. The fourth-order valence-corrected chi connectivity index (χ4v) is 7.47. The van der Waals surface area contributed by atoms with Gasteiger partial charge in [-0.15, -0.1) is 0 Å². The number of esters is 3. The fraction of sp³-hybridized carbons (Fsp3) is 0.746. The van der Waals surface area contributed by atoms with Gasteiger partial charge in [-0.3, -0.25) is 14.4 Å². The van der Waals surface area contributed by atoms with Gasteiger partial charge in [0.05, 0.1) is 0 Å². The van der Waals surface area contributed by atoms with Gasteiger partial charge in [0.2, 0.25) is 0 Å². The van der Waals surface area contributed by atoms with Crippen LogP contribution in [0.3, 0.4) is 0 Å². The zero-order valence-corrected chi connectivity index (χ0v) is 42.7. The Morgan fingerprint density at radius 2 is 0.554 bits per heavy atom. The van der Waals surface area contributed by atoms with Crippen LogP contribution in [0.4, 0.5) is 0 Å². The van der Waals surface area contributed by atoms with Crippen molar-refractivity contribution in [3.8, 4) is 0 Å². The highest BCUT2D eigenvalue weighted by Gasteiger charge is 2.19. The molecule has 65 heavy (non-hydrogen) atoms. The summed E-state index contributed by atoms with van der Waals surface area (Å²) in [5, 5.41) is 0. The molecule has 0 aliphatic carbocycles. The summed E-state index contributed by atoms with van der Waals surface area (Å²) in [4.78, 5) is 38.0. The molecular weight excluding hydrogens is 805 g/mol. The molecule has 0 heterocycles. The Bertz CT molecular complexity index is 1230. The number of unbranched alkanes of at least 4 members (excludes halogenated alkanes) is 26. The number of hydrogen-bond donors (Lipinski definition) is 0. The first-order chi connectivity index (χ1) is 32.0. The molecule has 0 fully saturated rings. The van der Waals surface area contributed by atoms with Crippen molar-refractivity contribution in [2.24, 2.45) is 0 Å².